The third-order valence-corrected chi connectivity index (χ3v) is 4.81. The lowest BCUT2D eigenvalue weighted by molar-refractivity contribution is 0.0928. The average Bonchev–Trinajstić information content (AvgIpc) is 3.25. The molecule has 0 saturated carbocycles. The van der Waals surface area contributed by atoms with Crippen LogP contribution in [-0.2, 0) is 6.42 Å². The zero-order valence-electron chi connectivity index (χ0n) is 15.5. The second kappa shape index (κ2) is 8.71. The molecular formula is C23H18ClN3O2. The molecule has 1 heterocycles. The van der Waals surface area contributed by atoms with E-state index < -0.39 is 6.04 Å². The van der Waals surface area contributed by atoms with Crippen molar-refractivity contribution in [3.8, 4) is 11.4 Å². The van der Waals surface area contributed by atoms with Gasteiger partial charge in [-0.2, -0.15) is 4.98 Å². The standard InChI is InChI=1S/C23H18ClN3O2/c24-19-14-8-7-13-18(19)22(28)25-20(15-16-9-3-1-4-10-16)23-26-21(27-29-23)17-11-5-2-6-12-17/h1-14,20H,15H2,(H,25,28). The van der Waals surface area contributed by atoms with E-state index in [1.165, 1.54) is 0 Å². The highest BCUT2D eigenvalue weighted by Crippen LogP contribution is 2.23. The minimum atomic E-state index is -0.494. The van der Waals surface area contributed by atoms with Gasteiger partial charge in [0.25, 0.3) is 5.91 Å². The highest BCUT2D eigenvalue weighted by Gasteiger charge is 2.23. The van der Waals surface area contributed by atoms with Gasteiger partial charge in [-0.3, -0.25) is 4.79 Å². The van der Waals surface area contributed by atoms with Gasteiger partial charge in [0.2, 0.25) is 11.7 Å². The summed E-state index contributed by atoms with van der Waals surface area (Å²) in [6, 6.07) is 25.8. The van der Waals surface area contributed by atoms with Gasteiger partial charge in [0.1, 0.15) is 6.04 Å². The molecule has 0 aliphatic rings. The number of nitrogens with zero attached hydrogens (tertiary/aromatic N) is 2. The summed E-state index contributed by atoms with van der Waals surface area (Å²) in [5.41, 5.74) is 2.28. The van der Waals surface area contributed by atoms with Crippen LogP contribution >= 0.6 is 11.6 Å². The normalized spacial score (nSPS) is 11.8. The molecule has 144 valence electrons. The van der Waals surface area contributed by atoms with Crippen LogP contribution in [0.3, 0.4) is 0 Å². The molecule has 1 amide bonds. The van der Waals surface area contributed by atoms with Gasteiger partial charge in [0.15, 0.2) is 0 Å². The van der Waals surface area contributed by atoms with Crippen LogP contribution in [0.5, 0.6) is 0 Å². The molecule has 0 aliphatic heterocycles. The summed E-state index contributed by atoms with van der Waals surface area (Å²) in [5.74, 6) is 0.523. The molecule has 0 aliphatic carbocycles. The van der Waals surface area contributed by atoms with Crippen LogP contribution in [0, 0.1) is 0 Å². The summed E-state index contributed by atoms with van der Waals surface area (Å²) in [6.07, 6.45) is 0.507. The van der Waals surface area contributed by atoms with Crippen molar-refractivity contribution in [2.75, 3.05) is 0 Å². The molecule has 1 N–H and O–H groups in total. The number of hydrogen-bond acceptors (Lipinski definition) is 4. The molecule has 3 aromatic carbocycles. The minimum absolute atomic E-state index is 0.295. The van der Waals surface area contributed by atoms with E-state index in [1.807, 2.05) is 60.7 Å². The van der Waals surface area contributed by atoms with Gasteiger partial charge in [0.05, 0.1) is 10.6 Å². The molecule has 0 spiro atoms. The molecule has 29 heavy (non-hydrogen) atoms. The van der Waals surface area contributed by atoms with Crippen LogP contribution < -0.4 is 5.32 Å². The highest BCUT2D eigenvalue weighted by molar-refractivity contribution is 6.33. The number of benzene rings is 3. The Balaban J connectivity index is 1.63. The summed E-state index contributed by atoms with van der Waals surface area (Å²) in [7, 11) is 0. The first-order valence-electron chi connectivity index (χ1n) is 9.19. The van der Waals surface area contributed by atoms with Crippen molar-refractivity contribution >= 4 is 17.5 Å². The van der Waals surface area contributed by atoms with E-state index in [-0.39, 0.29) is 5.91 Å². The van der Waals surface area contributed by atoms with Gasteiger partial charge in [-0.25, -0.2) is 0 Å². The lowest BCUT2D eigenvalue weighted by Crippen LogP contribution is -2.30. The number of amides is 1. The van der Waals surface area contributed by atoms with Crippen molar-refractivity contribution in [3.05, 3.63) is 107 Å². The maximum atomic E-state index is 12.8. The highest BCUT2D eigenvalue weighted by atomic mass is 35.5. The molecule has 4 rings (SSSR count). The fourth-order valence-corrected chi connectivity index (χ4v) is 3.23. The van der Waals surface area contributed by atoms with Gasteiger partial charge < -0.3 is 9.84 Å². The Morgan fingerprint density at radius 2 is 1.59 bits per heavy atom. The first kappa shape index (κ1) is 18.9. The molecule has 0 saturated heterocycles. The van der Waals surface area contributed by atoms with E-state index in [9.17, 15) is 4.79 Å². The second-order valence-electron chi connectivity index (χ2n) is 6.52. The SMILES string of the molecule is O=C(NC(Cc1ccccc1)c1nc(-c2ccccc2)no1)c1ccccc1Cl. The van der Waals surface area contributed by atoms with E-state index in [2.05, 4.69) is 15.5 Å². The minimum Gasteiger partial charge on any atom is -0.340 e. The van der Waals surface area contributed by atoms with Crippen LogP contribution in [0.1, 0.15) is 27.9 Å². The van der Waals surface area contributed by atoms with E-state index >= 15 is 0 Å². The molecule has 1 aromatic heterocycles. The molecule has 4 aromatic rings. The Morgan fingerprint density at radius 3 is 2.31 bits per heavy atom. The maximum Gasteiger partial charge on any atom is 0.253 e. The quantitative estimate of drug-likeness (QED) is 0.486. The largest absolute Gasteiger partial charge is 0.340 e. The van der Waals surface area contributed by atoms with Gasteiger partial charge in [0, 0.05) is 12.0 Å². The van der Waals surface area contributed by atoms with Gasteiger partial charge in [-0.15, -0.1) is 0 Å². The molecule has 1 unspecified atom stereocenters. The van der Waals surface area contributed by atoms with Crippen molar-refractivity contribution in [2.45, 2.75) is 12.5 Å². The monoisotopic (exact) mass is 403 g/mol. The zero-order chi connectivity index (χ0) is 20.1. The van der Waals surface area contributed by atoms with Crippen LogP contribution in [0.4, 0.5) is 0 Å². The number of carbonyl (C=O) groups is 1. The lowest BCUT2D eigenvalue weighted by atomic mass is 10.1. The number of hydrogen-bond donors (Lipinski definition) is 1. The van der Waals surface area contributed by atoms with Crippen LogP contribution in [0.25, 0.3) is 11.4 Å². The van der Waals surface area contributed by atoms with Crippen LogP contribution in [0.15, 0.2) is 89.5 Å². The molecule has 0 radical (unpaired) electrons. The molecule has 6 heteroatoms. The summed E-state index contributed by atoms with van der Waals surface area (Å²) in [4.78, 5) is 17.4. The Kier molecular flexibility index (Phi) is 5.68. The predicted molar refractivity (Wildman–Crippen MR) is 112 cm³/mol. The first-order valence-corrected chi connectivity index (χ1v) is 9.57. The smallest absolute Gasteiger partial charge is 0.253 e. The fourth-order valence-electron chi connectivity index (χ4n) is 3.01. The van der Waals surface area contributed by atoms with Crippen LogP contribution in [0.2, 0.25) is 5.02 Å². The maximum absolute atomic E-state index is 12.8. The second-order valence-corrected chi connectivity index (χ2v) is 6.93. The van der Waals surface area contributed by atoms with E-state index in [0.29, 0.717) is 28.7 Å². The summed E-state index contributed by atoms with van der Waals surface area (Å²) < 4.78 is 5.51. The predicted octanol–water partition coefficient (Wildman–Crippen LogP) is 5.10. The number of rotatable bonds is 6. The Bertz CT molecular complexity index is 1100. The third-order valence-electron chi connectivity index (χ3n) is 4.48. The first-order chi connectivity index (χ1) is 14.2. The Morgan fingerprint density at radius 1 is 0.931 bits per heavy atom. The Hall–Kier alpha value is -3.44. The van der Waals surface area contributed by atoms with Gasteiger partial charge in [-0.1, -0.05) is 89.6 Å². The number of halogens is 1. The molecule has 0 fully saturated rings. The molecular weight excluding hydrogens is 386 g/mol. The van der Waals surface area contributed by atoms with Crippen molar-refractivity contribution in [3.63, 3.8) is 0 Å². The summed E-state index contributed by atoms with van der Waals surface area (Å²) >= 11 is 6.18. The zero-order valence-corrected chi connectivity index (χ0v) is 16.2. The van der Waals surface area contributed by atoms with Crippen LogP contribution in [-0.4, -0.2) is 16.0 Å². The van der Waals surface area contributed by atoms with E-state index in [4.69, 9.17) is 16.1 Å². The van der Waals surface area contributed by atoms with E-state index in [1.54, 1.807) is 24.3 Å². The third kappa shape index (κ3) is 4.52. The summed E-state index contributed by atoms with van der Waals surface area (Å²) in [6.45, 7) is 0. The lowest BCUT2D eigenvalue weighted by Gasteiger charge is -2.16. The summed E-state index contributed by atoms with van der Waals surface area (Å²) in [5, 5.41) is 7.46. The molecule has 0 bridgehead atoms. The van der Waals surface area contributed by atoms with Gasteiger partial charge in [-0.05, 0) is 17.7 Å². The number of nitrogens with one attached hydrogen (secondary N) is 1. The number of aromatic nitrogens is 2. The molecule has 1 atom stereocenters. The van der Waals surface area contributed by atoms with E-state index in [0.717, 1.165) is 11.1 Å². The van der Waals surface area contributed by atoms with Crippen molar-refractivity contribution in [2.24, 2.45) is 0 Å². The van der Waals surface area contributed by atoms with Crippen molar-refractivity contribution < 1.29 is 9.32 Å². The van der Waals surface area contributed by atoms with Crippen molar-refractivity contribution in [1.82, 2.24) is 15.5 Å². The average molecular weight is 404 g/mol. The number of carbonyl (C=O) groups excluding carboxylic acids is 1. The van der Waals surface area contributed by atoms with Gasteiger partial charge >= 0.3 is 0 Å². The van der Waals surface area contributed by atoms with Crippen molar-refractivity contribution in [1.29, 1.82) is 0 Å². The fraction of sp³-hybridized carbons (Fsp3) is 0.0870. The topological polar surface area (TPSA) is 68.0 Å². The Labute approximate surface area is 173 Å². The molecule has 5 nitrogen and oxygen atoms in total.